The van der Waals surface area contributed by atoms with Gasteiger partial charge in [0.15, 0.2) is 0 Å². The highest BCUT2D eigenvalue weighted by Crippen LogP contribution is 2.38. The minimum absolute atomic E-state index is 0.116. The summed E-state index contributed by atoms with van der Waals surface area (Å²) in [5, 5.41) is 1.60. The first-order valence-electron chi connectivity index (χ1n) is 7.51. The molecule has 4 heteroatoms. The number of ether oxygens (including phenoxy) is 1. The van der Waals surface area contributed by atoms with E-state index in [1.54, 1.807) is 0 Å². The molecule has 0 N–H and O–H groups in total. The molecule has 1 heterocycles. The minimum atomic E-state index is -0.343. The van der Waals surface area contributed by atoms with E-state index in [0.29, 0.717) is 10.7 Å². The number of carbonyl (C=O) groups is 1. The monoisotopic (exact) mass is 327 g/mol. The Kier molecular flexibility index (Phi) is 4.14. The van der Waals surface area contributed by atoms with Crippen LogP contribution in [0.4, 0.5) is 0 Å². The van der Waals surface area contributed by atoms with Gasteiger partial charge in [-0.1, -0.05) is 41.9 Å². The molecule has 0 spiro atoms. The van der Waals surface area contributed by atoms with Crippen molar-refractivity contribution in [1.82, 2.24) is 4.57 Å². The Balaban J connectivity index is 2.49. The molecule has 23 heavy (non-hydrogen) atoms. The van der Waals surface area contributed by atoms with Gasteiger partial charge in [-0.3, -0.25) is 0 Å². The lowest BCUT2D eigenvalue weighted by atomic mass is 10.0. The van der Waals surface area contributed by atoms with E-state index in [1.807, 2.05) is 53.1 Å². The van der Waals surface area contributed by atoms with Crippen LogP contribution in [0.5, 0.6) is 0 Å². The van der Waals surface area contributed by atoms with Crippen molar-refractivity contribution < 1.29 is 9.53 Å². The molecular formula is C19H18ClNO2. The number of carbonyl (C=O) groups excluding carboxylic acids is 1. The van der Waals surface area contributed by atoms with Crippen molar-refractivity contribution in [2.24, 2.45) is 0 Å². The maximum Gasteiger partial charge on any atom is 0.355 e. The Bertz CT molecular complexity index is 866. The van der Waals surface area contributed by atoms with Gasteiger partial charge in [0.2, 0.25) is 0 Å². The quantitative estimate of drug-likeness (QED) is 0.609. The molecule has 0 radical (unpaired) electrons. The van der Waals surface area contributed by atoms with Gasteiger partial charge >= 0.3 is 5.97 Å². The molecule has 0 saturated heterocycles. The van der Waals surface area contributed by atoms with Crippen LogP contribution < -0.4 is 0 Å². The van der Waals surface area contributed by atoms with Crippen LogP contribution in [0.15, 0.2) is 48.5 Å². The molecule has 3 nitrogen and oxygen atoms in total. The zero-order valence-corrected chi connectivity index (χ0v) is 14.1. The average Bonchev–Trinajstić information content (AvgIpc) is 2.89. The predicted octanol–water partition coefficient (Wildman–Crippen LogP) is 5.33. The summed E-state index contributed by atoms with van der Waals surface area (Å²) in [6.07, 6.45) is 0. The van der Waals surface area contributed by atoms with Gasteiger partial charge in [0.05, 0.1) is 7.11 Å². The molecule has 3 rings (SSSR count). The molecule has 0 saturated carbocycles. The van der Waals surface area contributed by atoms with Crippen molar-refractivity contribution in [3.8, 4) is 11.1 Å². The Morgan fingerprint density at radius 2 is 1.83 bits per heavy atom. The Morgan fingerprint density at radius 1 is 1.13 bits per heavy atom. The number of hydrogen-bond acceptors (Lipinski definition) is 2. The predicted molar refractivity (Wildman–Crippen MR) is 94.1 cm³/mol. The largest absolute Gasteiger partial charge is 0.464 e. The van der Waals surface area contributed by atoms with Crippen molar-refractivity contribution >= 4 is 28.5 Å². The highest BCUT2D eigenvalue weighted by atomic mass is 35.5. The normalized spacial score (nSPS) is 11.2. The molecule has 0 fully saturated rings. The summed E-state index contributed by atoms with van der Waals surface area (Å²) in [4.78, 5) is 12.5. The number of benzene rings is 2. The maximum atomic E-state index is 12.5. The summed E-state index contributed by atoms with van der Waals surface area (Å²) < 4.78 is 7.07. The number of hydrogen-bond donors (Lipinski definition) is 0. The maximum absolute atomic E-state index is 12.5. The Labute approximate surface area is 140 Å². The number of nitrogens with zero attached hydrogens (tertiary/aromatic N) is 1. The first-order chi connectivity index (χ1) is 11.0. The lowest BCUT2D eigenvalue weighted by Crippen LogP contribution is -2.13. The van der Waals surface area contributed by atoms with Gasteiger partial charge in [-0.25, -0.2) is 4.79 Å². The molecular weight excluding hydrogens is 310 g/mol. The van der Waals surface area contributed by atoms with Crippen LogP contribution in [0.25, 0.3) is 22.0 Å². The van der Waals surface area contributed by atoms with Crippen molar-refractivity contribution in [3.63, 3.8) is 0 Å². The van der Waals surface area contributed by atoms with Crippen LogP contribution in [0, 0.1) is 0 Å². The van der Waals surface area contributed by atoms with E-state index in [2.05, 4.69) is 13.8 Å². The zero-order valence-electron chi connectivity index (χ0n) is 13.3. The first-order valence-corrected chi connectivity index (χ1v) is 7.89. The van der Waals surface area contributed by atoms with Gasteiger partial charge in [-0.05, 0) is 37.6 Å². The summed E-state index contributed by atoms with van der Waals surface area (Å²) in [5.74, 6) is -0.343. The topological polar surface area (TPSA) is 31.2 Å². The standard InChI is InChI=1S/C19H18ClNO2/c1-12(2)21-16-10-9-14(20)11-15(16)17(18(21)19(22)23-3)13-7-5-4-6-8-13/h4-12H,1-3H3. The van der Waals surface area contributed by atoms with E-state index in [4.69, 9.17) is 16.3 Å². The third-order valence-corrected chi connectivity index (χ3v) is 4.16. The minimum Gasteiger partial charge on any atom is -0.464 e. The molecule has 3 aromatic rings. The second-order valence-corrected chi connectivity index (χ2v) is 6.14. The lowest BCUT2D eigenvalue weighted by molar-refractivity contribution is 0.0588. The average molecular weight is 328 g/mol. The van der Waals surface area contributed by atoms with Crippen molar-refractivity contribution in [3.05, 3.63) is 59.2 Å². The number of methoxy groups -OCH3 is 1. The first kappa shape index (κ1) is 15.6. The van der Waals surface area contributed by atoms with Gasteiger partial charge in [0.1, 0.15) is 5.69 Å². The molecule has 1 aromatic heterocycles. The fourth-order valence-electron chi connectivity index (χ4n) is 3.02. The van der Waals surface area contributed by atoms with Crippen LogP contribution in [0.2, 0.25) is 5.02 Å². The van der Waals surface area contributed by atoms with Crippen LogP contribution in [0.3, 0.4) is 0 Å². The van der Waals surface area contributed by atoms with E-state index in [1.165, 1.54) is 7.11 Å². The van der Waals surface area contributed by atoms with Crippen LogP contribution in [-0.2, 0) is 4.74 Å². The summed E-state index contributed by atoms with van der Waals surface area (Å²) in [6.45, 7) is 4.10. The summed E-state index contributed by atoms with van der Waals surface area (Å²) in [6, 6.07) is 15.7. The number of fused-ring (bicyclic) bond motifs is 1. The molecule has 0 unspecified atom stereocenters. The highest BCUT2D eigenvalue weighted by Gasteiger charge is 2.25. The van der Waals surface area contributed by atoms with Gasteiger partial charge in [-0.2, -0.15) is 0 Å². The smallest absolute Gasteiger partial charge is 0.355 e. The van der Waals surface area contributed by atoms with Gasteiger partial charge in [0, 0.05) is 27.5 Å². The van der Waals surface area contributed by atoms with Crippen LogP contribution >= 0.6 is 11.6 Å². The number of rotatable bonds is 3. The van der Waals surface area contributed by atoms with Gasteiger partial charge in [0.25, 0.3) is 0 Å². The summed E-state index contributed by atoms with van der Waals surface area (Å²) >= 11 is 6.21. The van der Waals surface area contributed by atoms with Crippen LogP contribution in [0.1, 0.15) is 30.4 Å². The Morgan fingerprint density at radius 3 is 2.43 bits per heavy atom. The molecule has 0 amide bonds. The second-order valence-electron chi connectivity index (χ2n) is 5.71. The van der Waals surface area contributed by atoms with Crippen LogP contribution in [-0.4, -0.2) is 17.6 Å². The zero-order chi connectivity index (χ0) is 16.6. The van der Waals surface area contributed by atoms with Crippen molar-refractivity contribution in [1.29, 1.82) is 0 Å². The molecule has 0 aliphatic rings. The molecule has 0 aliphatic heterocycles. The number of halogens is 1. The van der Waals surface area contributed by atoms with E-state index in [-0.39, 0.29) is 12.0 Å². The molecule has 0 atom stereocenters. The number of aromatic nitrogens is 1. The summed E-state index contributed by atoms with van der Waals surface area (Å²) in [5.41, 5.74) is 3.37. The fraction of sp³-hybridized carbons (Fsp3) is 0.211. The molecule has 2 aromatic carbocycles. The van der Waals surface area contributed by atoms with E-state index in [0.717, 1.165) is 22.0 Å². The van der Waals surface area contributed by atoms with Gasteiger partial charge in [-0.15, -0.1) is 0 Å². The Hall–Kier alpha value is -2.26. The second kappa shape index (κ2) is 6.09. The summed E-state index contributed by atoms with van der Waals surface area (Å²) in [7, 11) is 1.41. The third kappa shape index (κ3) is 2.62. The third-order valence-electron chi connectivity index (χ3n) is 3.92. The van der Waals surface area contributed by atoms with E-state index >= 15 is 0 Å². The fourth-order valence-corrected chi connectivity index (χ4v) is 3.19. The molecule has 0 aliphatic carbocycles. The number of esters is 1. The molecule has 0 bridgehead atoms. The van der Waals surface area contributed by atoms with E-state index < -0.39 is 0 Å². The van der Waals surface area contributed by atoms with Crippen molar-refractivity contribution in [2.75, 3.05) is 7.11 Å². The SMILES string of the molecule is COC(=O)c1c(-c2ccccc2)c2cc(Cl)ccc2n1C(C)C. The van der Waals surface area contributed by atoms with Crippen molar-refractivity contribution in [2.45, 2.75) is 19.9 Å². The van der Waals surface area contributed by atoms with E-state index in [9.17, 15) is 4.79 Å². The lowest BCUT2D eigenvalue weighted by Gasteiger charge is -2.14. The highest BCUT2D eigenvalue weighted by molar-refractivity contribution is 6.31. The van der Waals surface area contributed by atoms with Gasteiger partial charge < -0.3 is 9.30 Å². The molecule has 118 valence electrons.